The third-order valence-corrected chi connectivity index (χ3v) is 3.69. The van der Waals surface area contributed by atoms with Gasteiger partial charge in [-0.05, 0) is 12.0 Å². The monoisotopic (exact) mass is 257 g/mol. The van der Waals surface area contributed by atoms with Gasteiger partial charge in [0.05, 0.1) is 5.75 Å². The Balaban J connectivity index is 2.93. The molecule has 0 fully saturated rings. The lowest BCUT2D eigenvalue weighted by molar-refractivity contribution is -0.139. The highest BCUT2D eigenvalue weighted by Crippen LogP contribution is 2.14. The van der Waals surface area contributed by atoms with Gasteiger partial charge in [-0.25, -0.2) is 8.42 Å². The lowest BCUT2D eigenvalue weighted by Crippen LogP contribution is -2.35. The lowest BCUT2D eigenvalue weighted by atomic mass is 10.1. The number of rotatable bonds is 6. The van der Waals surface area contributed by atoms with Crippen LogP contribution in [0.25, 0.3) is 0 Å². The fraction of sp³-hybridized carbons (Fsp3) is 0.364. The van der Waals surface area contributed by atoms with Crippen molar-refractivity contribution in [1.82, 2.24) is 4.72 Å². The van der Waals surface area contributed by atoms with E-state index in [4.69, 9.17) is 5.11 Å². The van der Waals surface area contributed by atoms with Crippen molar-refractivity contribution in [1.29, 1.82) is 0 Å². The van der Waals surface area contributed by atoms with Crippen molar-refractivity contribution in [3.05, 3.63) is 35.9 Å². The minimum absolute atomic E-state index is 0.0797. The molecule has 0 saturated carbocycles. The number of sulfonamides is 1. The standard InChI is InChI=1S/C11H15NO4S/c1-2-8-17(15,16)12-10(11(13)14)9-6-4-3-5-7-9/h3-7,10,12H,2,8H2,1H3,(H,13,14)/t10-/m1/s1. The van der Waals surface area contributed by atoms with Crippen LogP contribution in [0.4, 0.5) is 0 Å². The molecule has 0 aromatic heterocycles. The number of hydrogen-bond donors (Lipinski definition) is 2. The average molecular weight is 257 g/mol. The molecule has 0 aliphatic carbocycles. The van der Waals surface area contributed by atoms with Crippen LogP contribution < -0.4 is 4.72 Å². The summed E-state index contributed by atoms with van der Waals surface area (Å²) in [7, 11) is -3.55. The number of carbonyl (C=O) groups is 1. The summed E-state index contributed by atoms with van der Waals surface area (Å²) in [5.74, 6) is -1.29. The third-order valence-electron chi connectivity index (χ3n) is 2.15. The molecule has 17 heavy (non-hydrogen) atoms. The van der Waals surface area contributed by atoms with Crippen LogP contribution in [-0.2, 0) is 14.8 Å². The van der Waals surface area contributed by atoms with Gasteiger partial charge in [-0.2, -0.15) is 4.72 Å². The van der Waals surface area contributed by atoms with Crippen LogP contribution in [0.15, 0.2) is 30.3 Å². The Labute approximate surface area is 101 Å². The Morgan fingerprint density at radius 1 is 1.35 bits per heavy atom. The molecule has 0 aliphatic heterocycles. The maximum absolute atomic E-state index is 11.5. The van der Waals surface area contributed by atoms with Crippen molar-refractivity contribution in [2.45, 2.75) is 19.4 Å². The normalized spacial score (nSPS) is 13.2. The Bertz CT molecular complexity index is 470. The minimum Gasteiger partial charge on any atom is -0.480 e. The van der Waals surface area contributed by atoms with Gasteiger partial charge in [0.25, 0.3) is 0 Å². The number of carboxylic acids is 1. The fourth-order valence-corrected chi connectivity index (χ4v) is 2.67. The molecule has 2 N–H and O–H groups in total. The largest absolute Gasteiger partial charge is 0.480 e. The second-order valence-corrected chi connectivity index (χ2v) is 5.49. The molecule has 1 rings (SSSR count). The molecule has 1 aromatic carbocycles. The number of nitrogens with one attached hydrogen (secondary N) is 1. The first-order valence-corrected chi connectivity index (χ1v) is 6.89. The Hall–Kier alpha value is -1.40. The second-order valence-electron chi connectivity index (χ2n) is 3.62. The van der Waals surface area contributed by atoms with Crippen molar-refractivity contribution in [2.24, 2.45) is 0 Å². The molecule has 6 heteroatoms. The number of hydrogen-bond acceptors (Lipinski definition) is 3. The zero-order chi connectivity index (χ0) is 12.9. The van der Waals surface area contributed by atoms with Crippen molar-refractivity contribution in [3.63, 3.8) is 0 Å². The van der Waals surface area contributed by atoms with Crippen molar-refractivity contribution in [2.75, 3.05) is 5.75 Å². The molecule has 0 bridgehead atoms. The van der Waals surface area contributed by atoms with Gasteiger partial charge in [-0.1, -0.05) is 37.3 Å². The van der Waals surface area contributed by atoms with Crippen molar-refractivity contribution >= 4 is 16.0 Å². The molecule has 1 atom stereocenters. The molecule has 0 radical (unpaired) electrons. The lowest BCUT2D eigenvalue weighted by Gasteiger charge is -2.14. The number of carboxylic acid groups (broad SMARTS) is 1. The molecule has 94 valence electrons. The molecule has 0 amide bonds. The van der Waals surface area contributed by atoms with Crippen LogP contribution >= 0.6 is 0 Å². The van der Waals surface area contributed by atoms with Crippen LogP contribution in [0, 0.1) is 0 Å². The summed E-state index contributed by atoms with van der Waals surface area (Å²) in [4.78, 5) is 11.1. The maximum Gasteiger partial charge on any atom is 0.326 e. The molecular weight excluding hydrogens is 242 g/mol. The Morgan fingerprint density at radius 3 is 2.41 bits per heavy atom. The molecule has 5 nitrogen and oxygen atoms in total. The highest BCUT2D eigenvalue weighted by molar-refractivity contribution is 7.89. The van der Waals surface area contributed by atoms with E-state index in [1.54, 1.807) is 37.3 Å². The first-order valence-electron chi connectivity index (χ1n) is 5.24. The average Bonchev–Trinajstić information content (AvgIpc) is 2.27. The van der Waals surface area contributed by atoms with Gasteiger partial charge in [0, 0.05) is 0 Å². The minimum atomic E-state index is -3.55. The predicted molar refractivity (Wildman–Crippen MR) is 64.0 cm³/mol. The highest BCUT2D eigenvalue weighted by Gasteiger charge is 2.24. The van der Waals surface area contributed by atoms with Crippen LogP contribution in [0.1, 0.15) is 24.9 Å². The van der Waals surface area contributed by atoms with Gasteiger partial charge in [0.1, 0.15) is 6.04 Å². The fourth-order valence-electron chi connectivity index (χ4n) is 1.41. The van der Waals surface area contributed by atoms with E-state index in [9.17, 15) is 13.2 Å². The van der Waals surface area contributed by atoms with Gasteiger partial charge in [-0.15, -0.1) is 0 Å². The summed E-state index contributed by atoms with van der Waals surface area (Å²) in [6.45, 7) is 1.72. The Kier molecular flexibility index (Phi) is 4.65. The maximum atomic E-state index is 11.5. The van der Waals surface area contributed by atoms with E-state index in [-0.39, 0.29) is 5.75 Å². The van der Waals surface area contributed by atoms with E-state index < -0.39 is 22.0 Å². The topological polar surface area (TPSA) is 83.5 Å². The second kappa shape index (κ2) is 5.79. The Morgan fingerprint density at radius 2 is 1.94 bits per heavy atom. The molecular formula is C11H15NO4S. The summed E-state index contributed by atoms with van der Waals surface area (Å²) in [5.41, 5.74) is 0.416. The van der Waals surface area contributed by atoms with Crippen LogP contribution in [0.5, 0.6) is 0 Å². The zero-order valence-corrected chi connectivity index (χ0v) is 10.3. The summed E-state index contributed by atoms with van der Waals surface area (Å²) in [6.07, 6.45) is 0.441. The first kappa shape index (κ1) is 13.7. The van der Waals surface area contributed by atoms with E-state index in [0.29, 0.717) is 12.0 Å². The summed E-state index contributed by atoms with van der Waals surface area (Å²) >= 11 is 0. The molecule has 1 aromatic rings. The van der Waals surface area contributed by atoms with Gasteiger partial charge in [0.15, 0.2) is 0 Å². The van der Waals surface area contributed by atoms with Gasteiger partial charge in [-0.3, -0.25) is 4.79 Å². The molecule has 0 spiro atoms. The zero-order valence-electron chi connectivity index (χ0n) is 9.46. The molecule has 0 aliphatic rings. The van der Waals surface area contributed by atoms with E-state index in [1.807, 2.05) is 0 Å². The molecule has 0 unspecified atom stereocenters. The SMILES string of the molecule is CCCS(=O)(=O)N[C@@H](C(=O)O)c1ccccc1. The predicted octanol–water partition coefficient (Wildman–Crippen LogP) is 1.14. The van der Waals surface area contributed by atoms with Gasteiger partial charge in [0.2, 0.25) is 10.0 Å². The van der Waals surface area contributed by atoms with Crippen LogP contribution in [-0.4, -0.2) is 25.2 Å². The summed E-state index contributed by atoms with van der Waals surface area (Å²) < 4.78 is 25.3. The van der Waals surface area contributed by atoms with Gasteiger partial charge < -0.3 is 5.11 Å². The number of benzene rings is 1. The van der Waals surface area contributed by atoms with Crippen LogP contribution in [0.2, 0.25) is 0 Å². The smallest absolute Gasteiger partial charge is 0.326 e. The molecule has 0 heterocycles. The van der Waals surface area contributed by atoms with Crippen molar-refractivity contribution < 1.29 is 18.3 Å². The van der Waals surface area contributed by atoms with E-state index in [0.717, 1.165) is 0 Å². The van der Waals surface area contributed by atoms with E-state index >= 15 is 0 Å². The number of aliphatic carboxylic acids is 1. The summed E-state index contributed by atoms with van der Waals surface area (Å²) in [5, 5.41) is 9.03. The molecule has 0 saturated heterocycles. The first-order chi connectivity index (χ1) is 7.96. The van der Waals surface area contributed by atoms with Crippen molar-refractivity contribution in [3.8, 4) is 0 Å². The third kappa shape index (κ3) is 4.16. The van der Waals surface area contributed by atoms with Gasteiger partial charge >= 0.3 is 5.97 Å². The summed E-state index contributed by atoms with van der Waals surface area (Å²) in [6, 6.07) is 7.00. The highest BCUT2D eigenvalue weighted by atomic mass is 32.2. The quantitative estimate of drug-likeness (QED) is 0.800. The van der Waals surface area contributed by atoms with E-state index in [2.05, 4.69) is 4.72 Å². The van der Waals surface area contributed by atoms with E-state index in [1.165, 1.54) is 0 Å². The van der Waals surface area contributed by atoms with Crippen LogP contribution in [0.3, 0.4) is 0 Å².